The third-order valence-corrected chi connectivity index (χ3v) is 4.46. The Hall–Kier alpha value is -2.40. The van der Waals surface area contributed by atoms with Crippen LogP contribution < -0.4 is 10.6 Å². The zero-order valence-electron chi connectivity index (χ0n) is 15.8. The summed E-state index contributed by atoms with van der Waals surface area (Å²) in [5.74, 6) is -0.249. The lowest BCUT2D eigenvalue weighted by molar-refractivity contribution is 0.233. The molecular formula is C21H28FN3O. The third-order valence-electron chi connectivity index (χ3n) is 4.46. The number of likely N-dealkylation sites (N-methyl/N-ethyl adjacent to an activating group) is 1. The van der Waals surface area contributed by atoms with E-state index in [4.69, 9.17) is 0 Å². The zero-order chi connectivity index (χ0) is 18.9. The van der Waals surface area contributed by atoms with Crippen molar-refractivity contribution < 1.29 is 9.18 Å². The van der Waals surface area contributed by atoms with Crippen molar-refractivity contribution in [2.45, 2.75) is 25.8 Å². The number of hydrogen-bond acceptors (Lipinski definition) is 2. The molecule has 0 bridgehead atoms. The highest BCUT2D eigenvalue weighted by molar-refractivity contribution is 5.73. The first kappa shape index (κ1) is 19.9. The molecule has 0 aliphatic rings. The quantitative estimate of drug-likeness (QED) is 0.759. The standard InChI is InChI=1S/C21H28FN3O/c1-4-16-5-9-18(10-6-16)20(25(2)3)15-24-21(26)23-14-13-17-7-11-19(22)12-8-17/h5-12,20H,4,13-15H2,1-3H3,(H2,23,24,26). The number of carbonyl (C=O) groups excluding carboxylic acids is 1. The van der Waals surface area contributed by atoms with E-state index >= 15 is 0 Å². The fraction of sp³-hybridized carbons (Fsp3) is 0.381. The van der Waals surface area contributed by atoms with Crippen molar-refractivity contribution in [3.05, 3.63) is 71.0 Å². The molecule has 5 heteroatoms. The van der Waals surface area contributed by atoms with Gasteiger partial charge in [-0.15, -0.1) is 0 Å². The first-order valence-corrected chi connectivity index (χ1v) is 9.01. The third kappa shape index (κ3) is 6.15. The van der Waals surface area contributed by atoms with Gasteiger partial charge >= 0.3 is 6.03 Å². The summed E-state index contributed by atoms with van der Waals surface area (Å²) in [6.07, 6.45) is 1.69. The lowest BCUT2D eigenvalue weighted by Gasteiger charge is -2.25. The van der Waals surface area contributed by atoms with Gasteiger partial charge in [-0.1, -0.05) is 43.3 Å². The van der Waals surface area contributed by atoms with Crippen molar-refractivity contribution in [1.82, 2.24) is 15.5 Å². The lowest BCUT2D eigenvalue weighted by atomic mass is 10.0. The molecule has 0 spiro atoms. The van der Waals surface area contributed by atoms with E-state index in [0.717, 1.165) is 12.0 Å². The van der Waals surface area contributed by atoms with E-state index in [-0.39, 0.29) is 17.9 Å². The van der Waals surface area contributed by atoms with Crippen LogP contribution in [0.2, 0.25) is 0 Å². The number of nitrogens with one attached hydrogen (secondary N) is 2. The number of benzene rings is 2. The Morgan fingerprint density at radius 1 is 1.00 bits per heavy atom. The van der Waals surface area contributed by atoms with Gasteiger partial charge in [0.1, 0.15) is 5.82 Å². The Balaban J connectivity index is 1.80. The van der Waals surface area contributed by atoms with Gasteiger partial charge < -0.3 is 15.5 Å². The molecule has 0 radical (unpaired) electrons. The van der Waals surface area contributed by atoms with Crippen molar-refractivity contribution in [1.29, 1.82) is 0 Å². The average Bonchev–Trinajstić information content (AvgIpc) is 2.64. The molecule has 0 aliphatic carbocycles. The van der Waals surface area contributed by atoms with Gasteiger partial charge in [-0.25, -0.2) is 9.18 Å². The van der Waals surface area contributed by atoms with Crippen molar-refractivity contribution in [2.75, 3.05) is 27.2 Å². The van der Waals surface area contributed by atoms with Crippen molar-refractivity contribution in [3.63, 3.8) is 0 Å². The Bertz CT molecular complexity index is 683. The fourth-order valence-electron chi connectivity index (χ4n) is 2.80. The van der Waals surface area contributed by atoms with Crippen LogP contribution in [0.15, 0.2) is 48.5 Å². The monoisotopic (exact) mass is 357 g/mol. The van der Waals surface area contributed by atoms with Gasteiger partial charge in [0, 0.05) is 13.1 Å². The topological polar surface area (TPSA) is 44.4 Å². The summed E-state index contributed by atoms with van der Waals surface area (Å²) in [6.45, 7) is 3.17. The van der Waals surface area contributed by atoms with Crippen LogP contribution in [0.4, 0.5) is 9.18 Å². The second-order valence-electron chi connectivity index (χ2n) is 6.59. The molecule has 0 aliphatic heterocycles. The minimum absolute atomic E-state index is 0.115. The maximum atomic E-state index is 12.9. The van der Waals surface area contributed by atoms with Gasteiger partial charge in [0.25, 0.3) is 0 Å². The molecular weight excluding hydrogens is 329 g/mol. The predicted octanol–water partition coefficient (Wildman–Crippen LogP) is 3.53. The number of amides is 2. The minimum Gasteiger partial charge on any atom is -0.338 e. The molecule has 0 heterocycles. The van der Waals surface area contributed by atoms with Gasteiger partial charge in [-0.3, -0.25) is 0 Å². The molecule has 2 aromatic rings. The highest BCUT2D eigenvalue weighted by Gasteiger charge is 2.15. The molecule has 0 fully saturated rings. The summed E-state index contributed by atoms with van der Waals surface area (Å²) in [7, 11) is 4.01. The number of nitrogens with zero attached hydrogens (tertiary/aromatic N) is 1. The van der Waals surface area contributed by atoms with Crippen molar-refractivity contribution in [2.24, 2.45) is 0 Å². The van der Waals surface area contributed by atoms with Gasteiger partial charge in [0.05, 0.1) is 6.04 Å². The largest absolute Gasteiger partial charge is 0.338 e. The molecule has 2 rings (SSSR count). The SMILES string of the molecule is CCc1ccc(C(CNC(=O)NCCc2ccc(F)cc2)N(C)C)cc1. The first-order valence-electron chi connectivity index (χ1n) is 9.01. The van der Waals surface area contributed by atoms with Gasteiger partial charge in [-0.05, 0) is 55.8 Å². The number of hydrogen-bond donors (Lipinski definition) is 2. The highest BCUT2D eigenvalue weighted by atomic mass is 19.1. The van der Waals surface area contributed by atoms with Crippen LogP contribution in [0, 0.1) is 5.82 Å². The number of carbonyl (C=O) groups is 1. The first-order chi connectivity index (χ1) is 12.5. The maximum Gasteiger partial charge on any atom is 0.314 e. The molecule has 0 aromatic heterocycles. The Morgan fingerprint density at radius 2 is 1.62 bits per heavy atom. The Morgan fingerprint density at radius 3 is 2.19 bits per heavy atom. The molecule has 2 aromatic carbocycles. The normalized spacial score (nSPS) is 12.0. The number of rotatable bonds is 8. The van der Waals surface area contributed by atoms with Crippen molar-refractivity contribution >= 4 is 6.03 Å². The van der Waals surface area contributed by atoms with Crippen LogP contribution in [0.1, 0.15) is 29.7 Å². The number of halogens is 1. The van der Waals surface area contributed by atoms with E-state index in [0.29, 0.717) is 19.5 Å². The zero-order valence-corrected chi connectivity index (χ0v) is 15.8. The summed E-state index contributed by atoms with van der Waals surface area (Å²) >= 11 is 0. The minimum atomic E-state index is -0.249. The maximum absolute atomic E-state index is 12.9. The molecule has 0 saturated heterocycles. The summed E-state index contributed by atoms with van der Waals surface area (Å²) in [6, 6.07) is 14.8. The van der Waals surface area contributed by atoms with Crippen LogP contribution in [0.3, 0.4) is 0 Å². The molecule has 0 saturated carbocycles. The molecule has 1 atom stereocenters. The van der Waals surface area contributed by atoms with Crippen LogP contribution in [0.5, 0.6) is 0 Å². The molecule has 26 heavy (non-hydrogen) atoms. The van der Waals surface area contributed by atoms with E-state index in [2.05, 4.69) is 46.7 Å². The van der Waals surface area contributed by atoms with Crippen LogP contribution in [-0.4, -0.2) is 38.1 Å². The summed E-state index contributed by atoms with van der Waals surface area (Å²) in [5.41, 5.74) is 3.48. The predicted molar refractivity (Wildman–Crippen MR) is 104 cm³/mol. The van der Waals surface area contributed by atoms with Crippen LogP contribution in [-0.2, 0) is 12.8 Å². The van der Waals surface area contributed by atoms with Crippen molar-refractivity contribution in [3.8, 4) is 0 Å². The van der Waals surface area contributed by atoms with E-state index in [1.807, 2.05) is 14.1 Å². The van der Waals surface area contributed by atoms with Gasteiger partial charge in [-0.2, -0.15) is 0 Å². The molecule has 4 nitrogen and oxygen atoms in total. The van der Waals surface area contributed by atoms with Crippen LogP contribution >= 0.6 is 0 Å². The van der Waals surface area contributed by atoms with E-state index < -0.39 is 0 Å². The second kappa shape index (κ2) is 9.92. The average molecular weight is 357 g/mol. The van der Waals surface area contributed by atoms with Crippen LogP contribution in [0.25, 0.3) is 0 Å². The smallest absolute Gasteiger partial charge is 0.314 e. The Labute approximate surface area is 155 Å². The van der Waals surface area contributed by atoms with E-state index in [1.165, 1.54) is 23.3 Å². The summed E-state index contributed by atoms with van der Waals surface area (Å²) in [5, 5.41) is 5.78. The highest BCUT2D eigenvalue weighted by Crippen LogP contribution is 2.18. The molecule has 2 amide bonds. The summed E-state index contributed by atoms with van der Waals surface area (Å²) < 4.78 is 12.9. The lowest BCUT2D eigenvalue weighted by Crippen LogP contribution is -2.41. The van der Waals surface area contributed by atoms with Gasteiger partial charge in [0.2, 0.25) is 0 Å². The van der Waals surface area contributed by atoms with Gasteiger partial charge in [0.15, 0.2) is 0 Å². The number of urea groups is 1. The van der Waals surface area contributed by atoms with E-state index in [9.17, 15) is 9.18 Å². The van der Waals surface area contributed by atoms with E-state index in [1.54, 1.807) is 12.1 Å². The second-order valence-corrected chi connectivity index (χ2v) is 6.59. The summed E-state index contributed by atoms with van der Waals surface area (Å²) in [4.78, 5) is 14.1. The Kier molecular flexibility index (Phi) is 7.60. The number of aryl methyl sites for hydroxylation is 1. The molecule has 2 N–H and O–H groups in total. The molecule has 140 valence electrons. The fourth-order valence-corrected chi connectivity index (χ4v) is 2.80. The molecule has 1 unspecified atom stereocenters.